The minimum atomic E-state index is -0.338. The van der Waals surface area contributed by atoms with Crippen LogP contribution in [0.3, 0.4) is 0 Å². The van der Waals surface area contributed by atoms with Crippen LogP contribution in [0.2, 0.25) is 0 Å². The smallest absolute Gasteiger partial charge is 0.254 e. The Morgan fingerprint density at radius 2 is 1.55 bits per heavy atom. The van der Waals surface area contributed by atoms with Gasteiger partial charge in [0.05, 0.1) is 25.6 Å². The number of benzene rings is 3. The molecule has 1 aromatic heterocycles. The van der Waals surface area contributed by atoms with Crippen LogP contribution in [0.1, 0.15) is 29.8 Å². The van der Waals surface area contributed by atoms with Gasteiger partial charge in [0.2, 0.25) is 5.91 Å². The molecule has 0 aliphatic heterocycles. The third-order valence-corrected chi connectivity index (χ3v) is 6.12. The number of nitrogens with zero attached hydrogens (tertiary/aromatic N) is 3. The van der Waals surface area contributed by atoms with Crippen LogP contribution < -0.4 is 14.8 Å². The van der Waals surface area contributed by atoms with E-state index in [2.05, 4.69) is 5.32 Å². The van der Waals surface area contributed by atoms with Gasteiger partial charge in [-0.1, -0.05) is 48.0 Å². The zero-order valence-corrected chi connectivity index (χ0v) is 22.3. The maximum atomic E-state index is 13.4. The van der Waals surface area contributed by atoms with Crippen molar-refractivity contribution < 1.29 is 19.1 Å². The average molecular weight is 513 g/mol. The maximum absolute atomic E-state index is 13.4. The number of hydrogen-bond acceptors (Lipinski definition) is 5. The molecule has 196 valence electrons. The lowest BCUT2D eigenvalue weighted by atomic mass is 10.1. The van der Waals surface area contributed by atoms with Crippen molar-refractivity contribution in [2.45, 2.75) is 26.8 Å². The molecule has 0 aliphatic rings. The molecule has 2 amide bonds. The summed E-state index contributed by atoms with van der Waals surface area (Å²) >= 11 is 0. The first-order chi connectivity index (χ1) is 18.3. The molecule has 0 aliphatic carbocycles. The number of carbonyl (C=O) groups excluding carboxylic acids is 2. The third-order valence-electron chi connectivity index (χ3n) is 6.12. The minimum Gasteiger partial charge on any atom is -0.497 e. The van der Waals surface area contributed by atoms with E-state index in [1.54, 1.807) is 22.9 Å². The first-order valence-electron chi connectivity index (χ1n) is 12.4. The van der Waals surface area contributed by atoms with Gasteiger partial charge in [-0.15, -0.1) is 0 Å². The summed E-state index contributed by atoms with van der Waals surface area (Å²) in [6, 6.07) is 24.2. The maximum Gasteiger partial charge on any atom is 0.254 e. The molecule has 3 aromatic carbocycles. The monoisotopic (exact) mass is 512 g/mol. The molecule has 0 fully saturated rings. The Morgan fingerprint density at radius 3 is 2.13 bits per heavy atom. The van der Waals surface area contributed by atoms with Crippen LogP contribution in [0.4, 0.5) is 5.82 Å². The van der Waals surface area contributed by atoms with E-state index >= 15 is 0 Å². The quantitative estimate of drug-likeness (QED) is 0.327. The summed E-state index contributed by atoms with van der Waals surface area (Å²) in [4.78, 5) is 28.2. The zero-order valence-electron chi connectivity index (χ0n) is 22.3. The fraction of sp³-hybridized carbons (Fsp3) is 0.233. The van der Waals surface area contributed by atoms with Gasteiger partial charge in [0.1, 0.15) is 23.9 Å². The van der Waals surface area contributed by atoms with Gasteiger partial charge in [-0.05, 0) is 45.0 Å². The number of anilines is 1. The number of amides is 2. The number of aryl methyl sites for hydroxylation is 1. The van der Waals surface area contributed by atoms with Gasteiger partial charge < -0.3 is 19.7 Å². The molecule has 8 heteroatoms. The van der Waals surface area contributed by atoms with Gasteiger partial charge in [-0.3, -0.25) is 9.59 Å². The second-order valence-corrected chi connectivity index (χ2v) is 9.20. The average Bonchev–Trinajstić information content (AvgIpc) is 3.35. The van der Waals surface area contributed by atoms with Gasteiger partial charge in [0, 0.05) is 29.3 Å². The summed E-state index contributed by atoms with van der Waals surface area (Å²) in [5, 5.41) is 7.73. The van der Waals surface area contributed by atoms with Crippen molar-refractivity contribution in [3.05, 3.63) is 90.0 Å². The number of aromatic nitrogens is 2. The lowest BCUT2D eigenvalue weighted by Gasteiger charge is -2.26. The second-order valence-electron chi connectivity index (χ2n) is 9.20. The fourth-order valence-corrected chi connectivity index (χ4v) is 4.03. The van der Waals surface area contributed by atoms with Crippen molar-refractivity contribution in [2.75, 3.05) is 26.1 Å². The lowest BCUT2D eigenvalue weighted by molar-refractivity contribution is -0.117. The molecule has 1 heterocycles. The van der Waals surface area contributed by atoms with Gasteiger partial charge >= 0.3 is 0 Å². The third kappa shape index (κ3) is 6.03. The molecule has 0 unspecified atom stereocenters. The molecule has 0 saturated carbocycles. The Balaban J connectivity index is 1.61. The van der Waals surface area contributed by atoms with E-state index in [0.717, 1.165) is 22.5 Å². The Hall–Kier alpha value is -4.59. The lowest BCUT2D eigenvalue weighted by Crippen LogP contribution is -2.42. The highest BCUT2D eigenvalue weighted by Crippen LogP contribution is 2.26. The largest absolute Gasteiger partial charge is 0.497 e. The summed E-state index contributed by atoms with van der Waals surface area (Å²) in [5.41, 5.74) is 3.96. The molecular formula is C30H32N4O4. The van der Waals surface area contributed by atoms with Gasteiger partial charge in [-0.25, -0.2) is 4.68 Å². The van der Waals surface area contributed by atoms with E-state index in [-0.39, 0.29) is 24.4 Å². The first kappa shape index (κ1) is 26.5. The molecule has 8 nitrogen and oxygen atoms in total. The normalized spacial score (nSPS) is 10.8. The number of rotatable bonds is 9. The van der Waals surface area contributed by atoms with Crippen LogP contribution in [0.25, 0.3) is 16.9 Å². The molecular weight excluding hydrogens is 480 g/mol. The van der Waals surface area contributed by atoms with Crippen LogP contribution in [0.15, 0.2) is 78.9 Å². The van der Waals surface area contributed by atoms with E-state index in [1.165, 1.54) is 19.1 Å². The topological polar surface area (TPSA) is 85.7 Å². The second kappa shape index (κ2) is 11.6. The summed E-state index contributed by atoms with van der Waals surface area (Å²) in [6.07, 6.45) is 0. The Kier molecular flexibility index (Phi) is 8.11. The molecule has 1 N–H and O–H groups in total. The van der Waals surface area contributed by atoms with Gasteiger partial charge in [0.25, 0.3) is 5.91 Å². The molecule has 0 saturated heterocycles. The summed E-state index contributed by atoms with van der Waals surface area (Å²) in [7, 11) is 3.05. The van der Waals surface area contributed by atoms with Crippen LogP contribution in [-0.2, 0) is 4.79 Å². The summed E-state index contributed by atoms with van der Waals surface area (Å²) in [6.45, 7) is 5.61. The van der Waals surface area contributed by atoms with Crippen molar-refractivity contribution >= 4 is 17.6 Å². The fourth-order valence-electron chi connectivity index (χ4n) is 4.03. The molecule has 0 bridgehead atoms. The number of hydrogen-bond donors (Lipinski definition) is 1. The molecule has 0 spiro atoms. The Labute approximate surface area is 222 Å². The predicted molar refractivity (Wildman–Crippen MR) is 148 cm³/mol. The molecule has 4 rings (SSSR count). The van der Waals surface area contributed by atoms with Crippen LogP contribution in [0, 0.1) is 6.92 Å². The van der Waals surface area contributed by atoms with Crippen molar-refractivity contribution in [2.24, 2.45) is 0 Å². The van der Waals surface area contributed by atoms with Crippen LogP contribution >= 0.6 is 0 Å². The highest BCUT2D eigenvalue weighted by atomic mass is 16.5. The zero-order chi connectivity index (χ0) is 27.2. The van der Waals surface area contributed by atoms with Crippen LogP contribution in [0.5, 0.6) is 11.5 Å². The summed E-state index contributed by atoms with van der Waals surface area (Å²) < 4.78 is 12.3. The van der Waals surface area contributed by atoms with E-state index in [1.807, 2.05) is 81.4 Å². The van der Waals surface area contributed by atoms with Crippen molar-refractivity contribution in [3.63, 3.8) is 0 Å². The highest BCUT2D eigenvalue weighted by molar-refractivity contribution is 6.00. The standard InChI is InChI=1S/C30H32N4O4/c1-20(2)33(30(36)23-15-25(37-4)17-26(16-23)38-5)19-29(35)31-28-18-27(22-9-7-6-8-10-22)32-34(28)24-13-11-21(3)12-14-24/h6-18,20H,19H2,1-5H3,(H,31,35). The number of nitrogens with one attached hydrogen (secondary N) is 1. The number of ether oxygens (including phenoxy) is 2. The van der Waals surface area contributed by atoms with Crippen molar-refractivity contribution in [1.82, 2.24) is 14.7 Å². The molecule has 4 aromatic rings. The molecule has 38 heavy (non-hydrogen) atoms. The first-order valence-corrected chi connectivity index (χ1v) is 12.4. The number of carbonyl (C=O) groups is 2. The highest BCUT2D eigenvalue weighted by Gasteiger charge is 2.24. The molecule has 0 radical (unpaired) electrons. The SMILES string of the molecule is COc1cc(OC)cc(C(=O)N(CC(=O)Nc2cc(-c3ccccc3)nn2-c2ccc(C)cc2)C(C)C)c1. The van der Waals surface area contributed by atoms with Gasteiger partial charge in [-0.2, -0.15) is 5.10 Å². The Morgan fingerprint density at radius 1 is 0.921 bits per heavy atom. The van der Waals surface area contributed by atoms with E-state index in [9.17, 15) is 9.59 Å². The predicted octanol–water partition coefficient (Wildman–Crippen LogP) is 5.35. The molecule has 0 atom stereocenters. The summed E-state index contributed by atoms with van der Waals surface area (Å²) in [5.74, 6) is 0.864. The van der Waals surface area contributed by atoms with E-state index in [4.69, 9.17) is 14.6 Å². The van der Waals surface area contributed by atoms with Crippen molar-refractivity contribution in [1.29, 1.82) is 0 Å². The number of methoxy groups -OCH3 is 2. The van der Waals surface area contributed by atoms with Crippen LogP contribution in [-0.4, -0.2) is 53.3 Å². The van der Waals surface area contributed by atoms with E-state index in [0.29, 0.717) is 22.9 Å². The Bertz CT molecular complexity index is 1390. The van der Waals surface area contributed by atoms with Gasteiger partial charge in [0.15, 0.2) is 0 Å². The minimum absolute atomic E-state index is 0.143. The van der Waals surface area contributed by atoms with E-state index < -0.39 is 0 Å². The van der Waals surface area contributed by atoms with Crippen molar-refractivity contribution in [3.8, 4) is 28.4 Å².